The molecular weight excluding hydrogens is 390 g/mol. The van der Waals surface area contributed by atoms with E-state index in [1.54, 1.807) is 11.3 Å². The summed E-state index contributed by atoms with van der Waals surface area (Å²) in [5.41, 5.74) is 7.27. The average molecular weight is 405 g/mol. The molecule has 30 heavy (non-hydrogen) atoms. The highest BCUT2D eigenvalue weighted by molar-refractivity contribution is 7.26. The summed E-state index contributed by atoms with van der Waals surface area (Å²) in [6.07, 6.45) is 6.81. The van der Waals surface area contributed by atoms with Gasteiger partial charge in [0.05, 0.1) is 10.2 Å². The number of Topliss-reactive ketones (excluding diaryl/α,β-unsaturated/α-hetero) is 1. The number of aromatic hydroxyl groups is 1. The van der Waals surface area contributed by atoms with Gasteiger partial charge in [0.25, 0.3) is 0 Å². The lowest BCUT2D eigenvalue weighted by atomic mass is 9.70. The number of pyridine rings is 1. The smallest absolute Gasteiger partial charge is 0.164 e. The molecule has 0 fully saturated rings. The molecule has 0 radical (unpaired) electrons. The molecule has 4 heteroatoms. The molecule has 0 bridgehead atoms. The summed E-state index contributed by atoms with van der Waals surface area (Å²) >= 11 is 1.75. The largest absolute Gasteiger partial charge is 0.506 e. The van der Waals surface area contributed by atoms with Gasteiger partial charge in [-0.05, 0) is 69.7 Å². The number of phenolic OH excluding ortho intramolecular Hbond substituents is 1. The Bertz CT molecular complexity index is 1810. The third-order valence-electron chi connectivity index (χ3n) is 8.13. The molecule has 1 unspecified atom stereocenters. The molecule has 1 atom stereocenters. The Kier molecular flexibility index (Phi) is 2.18. The number of benzene rings is 4. The van der Waals surface area contributed by atoms with Gasteiger partial charge in [-0.3, -0.25) is 9.78 Å². The van der Waals surface area contributed by atoms with Crippen LogP contribution in [0.25, 0.3) is 52.6 Å². The Morgan fingerprint density at radius 3 is 2.77 bits per heavy atom. The molecule has 142 valence electrons. The number of thiophene rings is 1. The predicted octanol–water partition coefficient (Wildman–Crippen LogP) is 6.40. The van der Waals surface area contributed by atoms with Crippen LogP contribution in [0.4, 0.5) is 0 Å². The lowest BCUT2D eigenvalue weighted by molar-refractivity contribution is 0.0969. The van der Waals surface area contributed by atoms with Crippen LogP contribution in [0, 0.1) is 0 Å². The number of nitrogens with zero attached hydrogens (tertiary/aromatic N) is 1. The molecule has 1 N–H and O–H groups in total. The Labute approximate surface area is 174 Å². The minimum atomic E-state index is 0.315. The van der Waals surface area contributed by atoms with Crippen molar-refractivity contribution < 1.29 is 9.90 Å². The molecule has 0 amide bonds. The van der Waals surface area contributed by atoms with Crippen LogP contribution in [-0.2, 0) is 12.8 Å². The quantitative estimate of drug-likeness (QED) is 0.235. The normalized spacial score (nSPS) is 19.9. The molecule has 0 spiro atoms. The first-order valence-corrected chi connectivity index (χ1v) is 11.6. The second-order valence-electron chi connectivity index (χ2n) is 9.45. The second-order valence-corrected chi connectivity index (χ2v) is 10.5. The summed E-state index contributed by atoms with van der Waals surface area (Å²) in [6.45, 7) is 0. The zero-order chi connectivity index (χ0) is 19.5. The number of ketones is 1. The van der Waals surface area contributed by atoms with Crippen molar-refractivity contribution in [3.8, 4) is 5.75 Å². The first-order valence-electron chi connectivity index (χ1n) is 10.8. The maximum Gasteiger partial charge on any atom is 0.164 e. The van der Waals surface area contributed by atoms with Gasteiger partial charge in [0.15, 0.2) is 5.78 Å². The van der Waals surface area contributed by atoms with E-state index in [1.807, 2.05) is 12.3 Å². The van der Waals surface area contributed by atoms with E-state index < -0.39 is 0 Å². The topological polar surface area (TPSA) is 50.2 Å². The fourth-order valence-corrected chi connectivity index (χ4v) is 8.46. The molecule has 3 aliphatic carbocycles. The molecule has 4 aromatic carbocycles. The number of hydrogen-bond acceptors (Lipinski definition) is 4. The number of fused-ring (bicyclic) bond motifs is 1. The minimum Gasteiger partial charge on any atom is -0.506 e. The summed E-state index contributed by atoms with van der Waals surface area (Å²) in [5.74, 6) is 1.01. The van der Waals surface area contributed by atoms with E-state index in [1.165, 1.54) is 64.7 Å². The lowest BCUT2D eigenvalue weighted by Crippen LogP contribution is -2.20. The first kappa shape index (κ1) is 14.9. The van der Waals surface area contributed by atoms with Crippen LogP contribution >= 0.6 is 11.3 Å². The monoisotopic (exact) mass is 405 g/mol. The molecule has 2 heterocycles. The van der Waals surface area contributed by atoms with Crippen LogP contribution in [0.5, 0.6) is 5.75 Å². The van der Waals surface area contributed by atoms with Crippen molar-refractivity contribution in [2.45, 2.75) is 38.0 Å². The summed E-state index contributed by atoms with van der Waals surface area (Å²) in [7, 11) is 0. The summed E-state index contributed by atoms with van der Waals surface area (Å²) < 4.78 is 2.33. The number of aryl methyl sites for hydroxylation is 1. The van der Waals surface area contributed by atoms with Gasteiger partial charge in [-0.15, -0.1) is 11.3 Å². The van der Waals surface area contributed by atoms with E-state index in [0.717, 1.165) is 41.5 Å². The average Bonchev–Trinajstić information content (AvgIpc) is 3.33. The van der Waals surface area contributed by atoms with Crippen LogP contribution in [0.1, 0.15) is 57.8 Å². The fourth-order valence-electron chi connectivity index (χ4n) is 7.14. The van der Waals surface area contributed by atoms with E-state index in [9.17, 15) is 9.90 Å². The third kappa shape index (κ3) is 1.33. The lowest BCUT2D eigenvalue weighted by Gasteiger charge is -2.33. The zero-order valence-corrected chi connectivity index (χ0v) is 16.9. The SMILES string of the molecule is O=C1CC2CCCc3c2c2c1cc1c4c5c(cnc6cc(O)c7sc3c(c24)c7c65)C1. The number of carbonyl (C=O) groups excluding carboxylic acids is 1. The molecule has 2 aromatic heterocycles. The van der Waals surface area contributed by atoms with Gasteiger partial charge in [-0.1, -0.05) is 0 Å². The van der Waals surface area contributed by atoms with Crippen LogP contribution < -0.4 is 0 Å². The second kappa shape index (κ2) is 4.37. The molecule has 3 nitrogen and oxygen atoms in total. The third-order valence-corrected chi connectivity index (χ3v) is 9.40. The number of hydrogen-bond donors (Lipinski definition) is 1. The van der Waals surface area contributed by atoms with Crippen LogP contribution in [0.2, 0.25) is 0 Å². The van der Waals surface area contributed by atoms with E-state index in [-0.39, 0.29) is 0 Å². The number of aromatic nitrogens is 1. The van der Waals surface area contributed by atoms with Gasteiger partial charge < -0.3 is 5.11 Å². The maximum atomic E-state index is 13.3. The predicted molar refractivity (Wildman–Crippen MR) is 121 cm³/mol. The molecule has 6 aromatic rings. The summed E-state index contributed by atoms with van der Waals surface area (Å²) in [5, 5.41) is 19.8. The van der Waals surface area contributed by atoms with Crippen molar-refractivity contribution in [1.82, 2.24) is 4.98 Å². The highest BCUT2D eigenvalue weighted by Crippen LogP contribution is 2.59. The van der Waals surface area contributed by atoms with Gasteiger partial charge in [0.2, 0.25) is 0 Å². The molecule has 0 saturated carbocycles. The number of phenols is 1. The van der Waals surface area contributed by atoms with Crippen molar-refractivity contribution in [3.63, 3.8) is 0 Å². The highest BCUT2D eigenvalue weighted by Gasteiger charge is 2.38. The van der Waals surface area contributed by atoms with E-state index >= 15 is 0 Å². The Balaban J connectivity index is 1.76. The fraction of sp³-hybridized carbons (Fsp3) is 0.231. The first-order chi connectivity index (χ1) is 14.7. The van der Waals surface area contributed by atoms with Gasteiger partial charge >= 0.3 is 0 Å². The number of carbonyl (C=O) groups is 1. The van der Waals surface area contributed by atoms with Gasteiger partial charge in [-0.25, -0.2) is 0 Å². The zero-order valence-electron chi connectivity index (χ0n) is 16.1. The van der Waals surface area contributed by atoms with Gasteiger partial charge in [-0.2, -0.15) is 0 Å². The molecule has 3 aliphatic rings. The maximum absolute atomic E-state index is 13.3. The Hall–Kier alpha value is -2.98. The van der Waals surface area contributed by atoms with Gasteiger partial charge in [0, 0.05) is 56.9 Å². The highest BCUT2D eigenvalue weighted by atomic mass is 32.1. The summed E-state index contributed by atoms with van der Waals surface area (Å²) in [4.78, 5) is 18.0. The molecule has 0 aliphatic heterocycles. The van der Waals surface area contributed by atoms with Crippen molar-refractivity contribution in [2.75, 3.05) is 0 Å². The standard InChI is InChI=1S/C26H15NO2S/c28-15-6-9-2-1-3-12-17(9)20-13(15)5-10-4-11-8-27-14-7-16(29)26-23-21(14)19(11)18(10)22(20)24(23)25(12)30-26/h5,7-9,29H,1-4,6H2. The van der Waals surface area contributed by atoms with E-state index in [4.69, 9.17) is 4.98 Å². The summed E-state index contributed by atoms with van der Waals surface area (Å²) in [6, 6.07) is 4.05. The molecular formula is C26H15NO2S. The molecule has 0 saturated heterocycles. The van der Waals surface area contributed by atoms with Crippen molar-refractivity contribution >= 4 is 69.7 Å². The number of rotatable bonds is 0. The van der Waals surface area contributed by atoms with E-state index in [2.05, 4.69) is 6.07 Å². The van der Waals surface area contributed by atoms with E-state index in [0.29, 0.717) is 23.9 Å². The van der Waals surface area contributed by atoms with Crippen molar-refractivity contribution in [2.24, 2.45) is 0 Å². The van der Waals surface area contributed by atoms with Crippen LogP contribution in [0.3, 0.4) is 0 Å². The Morgan fingerprint density at radius 1 is 0.967 bits per heavy atom. The Morgan fingerprint density at radius 2 is 1.83 bits per heavy atom. The van der Waals surface area contributed by atoms with Crippen molar-refractivity contribution in [3.05, 3.63) is 46.1 Å². The van der Waals surface area contributed by atoms with Crippen LogP contribution in [-0.4, -0.2) is 15.9 Å². The van der Waals surface area contributed by atoms with Gasteiger partial charge in [0.1, 0.15) is 5.75 Å². The van der Waals surface area contributed by atoms with Crippen molar-refractivity contribution in [1.29, 1.82) is 0 Å². The minimum absolute atomic E-state index is 0.315. The van der Waals surface area contributed by atoms with Crippen LogP contribution in [0.15, 0.2) is 18.3 Å². The molecule has 9 rings (SSSR count).